The minimum atomic E-state index is -4.90. The summed E-state index contributed by atoms with van der Waals surface area (Å²) in [7, 11) is 0. The molecule has 0 radical (unpaired) electrons. The number of aromatic nitrogens is 1. The molecule has 3 nitrogen and oxygen atoms in total. The summed E-state index contributed by atoms with van der Waals surface area (Å²) in [4.78, 5) is 4.79. The van der Waals surface area contributed by atoms with Gasteiger partial charge in [-0.05, 0) is 37.0 Å². The fourth-order valence-electron chi connectivity index (χ4n) is 3.25. The molecule has 1 atom stereocenters. The second-order valence-electron chi connectivity index (χ2n) is 6.27. The highest BCUT2D eigenvalue weighted by molar-refractivity contribution is 5.76. The Hall–Kier alpha value is -2.69. The third-order valence-corrected chi connectivity index (χ3v) is 4.61. The van der Waals surface area contributed by atoms with E-state index in [4.69, 9.17) is 0 Å². The second-order valence-corrected chi connectivity index (χ2v) is 6.27. The summed E-state index contributed by atoms with van der Waals surface area (Å²) in [6.07, 6.45) is -3.38. The van der Waals surface area contributed by atoms with Crippen molar-refractivity contribution >= 4 is 11.4 Å². The van der Waals surface area contributed by atoms with Crippen LogP contribution in [0.15, 0.2) is 18.3 Å². The molecule has 3 rings (SSSR count). The fourth-order valence-corrected chi connectivity index (χ4v) is 3.25. The van der Waals surface area contributed by atoms with E-state index in [0.717, 1.165) is 12.3 Å². The third-order valence-electron chi connectivity index (χ3n) is 4.61. The summed E-state index contributed by atoms with van der Waals surface area (Å²) in [6, 6.07) is 4.27. The molecule has 0 fully saturated rings. The van der Waals surface area contributed by atoms with E-state index >= 15 is 0 Å². The maximum atomic E-state index is 14.3. The van der Waals surface area contributed by atoms with Crippen LogP contribution in [0, 0.1) is 29.9 Å². The Morgan fingerprint density at radius 1 is 1.27 bits per heavy atom. The minimum Gasteiger partial charge on any atom is -0.339 e. The van der Waals surface area contributed by atoms with E-state index in [-0.39, 0.29) is 22.7 Å². The highest BCUT2D eigenvalue weighted by Crippen LogP contribution is 2.43. The summed E-state index contributed by atoms with van der Waals surface area (Å²) in [5, 5.41) is 9.36. The van der Waals surface area contributed by atoms with Crippen LogP contribution in [0.2, 0.25) is 0 Å². The molecule has 26 heavy (non-hydrogen) atoms. The molecule has 0 saturated carbocycles. The number of nitrogens with zero attached hydrogens (tertiary/aromatic N) is 3. The molecule has 0 bridgehead atoms. The molecule has 1 aromatic heterocycles. The van der Waals surface area contributed by atoms with Gasteiger partial charge in [-0.15, -0.1) is 0 Å². The normalized spacial score (nSPS) is 17.0. The first-order valence-electron chi connectivity index (χ1n) is 7.88. The number of rotatable bonds is 1. The molecule has 1 aliphatic heterocycles. The van der Waals surface area contributed by atoms with Crippen LogP contribution in [-0.2, 0) is 6.18 Å². The van der Waals surface area contributed by atoms with Crippen molar-refractivity contribution in [3.8, 4) is 6.07 Å². The van der Waals surface area contributed by atoms with Gasteiger partial charge in [-0.3, -0.25) is 0 Å². The second kappa shape index (κ2) is 6.24. The fraction of sp³-hybridized carbons (Fsp3) is 0.333. The van der Waals surface area contributed by atoms with Gasteiger partial charge in [0.2, 0.25) is 0 Å². The molecule has 1 aliphatic rings. The molecule has 8 heteroatoms. The molecule has 2 heterocycles. The van der Waals surface area contributed by atoms with E-state index in [0.29, 0.717) is 24.2 Å². The molecule has 0 saturated heterocycles. The summed E-state index contributed by atoms with van der Waals surface area (Å²) < 4.78 is 66.6. The van der Waals surface area contributed by atoms with Crippen molar-refractivity contribution in [2.24, 2.45) is 0 Å². The number of benzene rings is 1. The molecule has 1 aromatic carbocycles. The van der Waals surface area contributed by atoms with Gasteiger partial charge in [-0.1, -0.05) is 6.92 Å². The maximum Gasteiger partial charge on any atom is 0.436 e. The zero-order valence-electron chi connectivity index (χ0n) is 14.0. The van der Waals surface area contributed by atoms with Crippen LogP contribution in [0.1, 0.15) is 41.6 Å². The van der Waals surface area contributed by atoms with Crippen LogP contribution in [0.4, 0.5) is 33.3 Å². The van der Waals surface area contributed by atoms with Gasteiger partial charge >= 0.3 is 6.18 Å². The Morgan fingerprint density at radius 2 is 1.96 bits per heavy atom. The van der Waals surface area contributed by atoms with Gasteiger partial charge in [0.1, 0.15) is 11.9 Å². The van der Waals surface area contributed by atoms with Crippen molar-refractivity contribution in [2.45, 2.75) is 32.4 Å². The lowest BCUT2D eigenvalue weighted by Crippen LogP contribution is -2.29. The van der Waals surface area contributed by atoms with E-state index in [2.05, 4.69) is 4.98 Å². The van der Waals surface area contributed by atoms with E-state index in [1.807, 2.05) is 13.0 Å². The largest absolute Gasteiger partial charge is 0.436 e. The van der Waals surface area contributed by atoms with E-state index in [9.17, 15) is 27.2 Å². The van der Waals surface area contributed by atoms with Gasteiger partial charge in [0.05, 0.1) is 23.1 Å². The average molecular weight is 367 g/mol. The highest BCUT2D eigenvalue weighted by Gasteiger charge is 2.38. The molecule has 0 N–H and O–H groups in total. The predicted octanol–water partition coefficient (Wildman–Crippen LogP) is 5.20. The molecule has 0 aliphatic carbocycles. The number of anilines is 2. The first kappa shape index (κ1) is 18.1. The van der Waals surface area contributed by atoms with E-state index in [1.165, 1.54) is 13.0 Å². The maximum absolute atomic E-state index is 14.3. The summed E-state index contributed by atoms with van der Waals surface area (Å²) in [6.45, 7) is 3.45. The smallest absolute Gasteiger partial charge is 0.339 e. The van der Waals surface area contributed by atoms with Gasteiger partial charge in [0, 0.05) is 12.1 Å². The molecule has 136 valence electrons. The SMILES string of the molecule is Cc1c(N2CCC(C)c3cc(F)cc(C#N)c32)cnc(C(F)(F)F)c1F. The number of nitriles is 1. The molecule has 1 unspecified atom stereocenters. The van der Waals surface area contributed by atoms with Crippen LogP contribution in [0.25, 0.3) is 0 Å². The summed E-state index contributed by atoms with van der Waals surface area (Å²) in [5.74, 6) is -2.06. The van der Waals surface area contributed by atoms with Crippen LogP contribution in [-0.4, -0.2) is 11.5 Å². The zero-order chi connectivity index (χ0) is 19.2. The standard InChI is InChI=1S/C18H14F5N3/c1-9-3-4-26(16-11(7-24)5-12(19)6-13(9)16)14-8-25-17(18(21,22)23)15(20)10(14)2/h5-6,8-9H,3-4H2,1-2H3. The van der Waals surface area contributed by atoms with Crippen molar-refractivity contribution in [3.63, 3.8) is 0 Å². The lowest BCUT2D eigenvalue weighted by molar-refractivity contribution is -0.143. The molecule has 2 aromatic rings. The molecular weight excluding hydrogens is 353 g/mol. The van der Waals surface area contributed by atoms with E-state index < -0.39 is 23.5 Å². The Kier molecular flexibility index (Phi) is 4.34. The monoisotopic (exact) mass is 367 g/mol. The van der Waals surface area contributed by atoms with Gasteiger partial charge < -0.3 is 4.90 Å². The van der Waals surface area contributed by atoms with Crippen LogP contribution < -0.4 is 4.90 Å². The first-order valence-corrected chi connectivity index (χ1v) is 7.88. The summed E-state index contributed by atoms with van der Waals surface area (Å²) in [5.41, 5.74) is -0.674. The van der Waals surface area contributed by atoms with Crippen molar-refractivity contribution in [3.05, 3.63) is 52.3 Å². The number of hydrogen-bond acceptors (Lipinski definition) is 3. The number of fused-ring (bicyclic) bond motifs is 1. The number of halogens is 5. The molecule has 0 spiro atoms. The number of alkyl halides is 3. The van der Waals surface area contributed by atoms with Crippen LogP contribution in [0.5, 0.6) is 0 Å². The first-order chi connectivity index (χ1) is 12.1. The van der Waals surface area contributed by atoms with Crippen LogP contribution in [0.3, 0.4) is 0 Å². The lowest BCUT2D eigenvalue weighted by atomic mass is 9.88. The van der Waals surface area contributed by atoms with Gasteiger partial charge in [-0.2, -0.15) is 18.4 Å². The quantitative estimate of drug-likeness (QED) is 0.650. The predicted molar refractivity (Wildman–Crippen MR) is 85.1 cm³/mol. The Morgan fingerprint density at radius 3 is 2.58 bits per heavy atom. The van der Waals surface area contributed by atoms with Gasteiger partial charge in [0.25, 0.3) is 0 Å². The Balaban J connectivity index is 2.21. The van der Waals surface area contributed by atoms with Crippen molar-refractivity contribution in [2.75, 3.05) is 11.4 Å². The van der Waals surface area contributed by atoms with Gasteiger partial charge in [0.15, 0.2) is 11.5 Å². The minimum absolute atomic E-state index is 0.0448. The van der Waals surface area contributed by atoms with Crippen molar-refractivity contribution in [1.82, 2.24) is 4.98 Å². The topological polar surface area (TPSA) is 39.9 Å². The van der Waals surface area contributed by atoms with Gasteiger partial charge in [-0.25, -0.2) is 13.8 Å². The number of pyridine rings is 1. The Bertz CT molecular complexity index is 915. The highest BCUT2D eigenvalue weighted by atomic mass is 19.4. The Labute approximate surface area is 146 Å². The van der Waals surface area contributed by atoms with Crippen molar-refractivity contribution < 1.29 is 22.0 Å². The molecule has 0 amide bonds. The van der Waals surface area contributed by atoms with Crippen LogP contribution >= 0.6 is 0 Å². The lowest BCUT2D eigenvalue weighted by Gasteiger charge is -2.36. The number of hydrogen-bond donors (Lipinski definition) is 0. The summed E-state index contributed by atoms with van der Waals surface area (Å²) >= 11 is 0. The molecular formula is C18H14F5N3. The average Bonchev–Trinajstić information content (AvgIpc) is 2.56. The zero-order valence-corrected chi connectivity index (χ0v) is 14.0. The van der Waals surface area contributed by atoms with E-state index in [1.54, 1.807) is 4.90 Å². The third kappa shape index (κ3) is 2.87. The van der Waals surface area contributed by atoms with Crippen molar-refractivity contribution in [1.29, 1.82) is 5.26 Å².